The van der Waals surface area contributed by atoms with E-state index in [1.54, 1.807) is 0 Å². The predicted molar refractivity (Wildman–Crippen MR) is 92.9 cm³/mol. The topological polar surface area (TPSA) is 58.6 Å². The highest BCUT2D eigenvalue weighted by molar-refractivity contribution is 5.83. The molecule has 0 spiro atoms. The fourth-order valence-electron chi connectivity index (χ4n) is 3.35. The van der Waals surface area contributed by atoms with Gasteiger partial charge in [0, 0.05) is 24.9 Å². The molecule has 2 aromatic carbocycles. The van der Waals surface area contributed by atoms with Gasteiger partial charge in [0.15, 0.2) is 0 Å². The van der Waals surface area contributed by atoms with Crippen LogP contribution in [0.5, 0.6) is 5.75 Å². The molecular formula is C20H23NO3. The Kier molecular flexibility index (Phi) is 4.58. The van der Waals surface area contributed by atoms with Crippen LogP contribution in [-0.4, -0.2) is 23.2 Å². The number of aryl methyl sites for hydroxylation is 1. The molecule has 0 saturated carbocycles. The Hall–Kier alpha value is -2.33. The van der Waals surface area contributed by atoms with Gasteiger partial charge in [0.25, 0.3) is 0 Å². The summed E-state index contributed by atoms with van der Waals surface area (Å²) < 4.78 is 5.34. The second-order valence-electron chi connectivity index (χ2n) is 6.36. The van der Waals surface area contributed by atoms with Gasteiger partial charge in [0.05, 0.1) is 6.61 Å². The monoisotopic (exact) mass is 325 g/mol. The van der Waals surface area contributed by atoms with E-state index in [0.717, 1.165) is 11.1 Å². The largest absolute Gasteiger partial charge is 0.507 e. The van der Waals surface area contributed by atoms with Crippen molar-refractivity contribution in [1.82, 2.24) is 5.32 Å². The smallest absolute Gasteiger partial charge is 0.327 e. The van der Waals surface area contributed by atoms with E-state index in [9.17, 15) is 9.90 Å². The second kappa shape index (κ2) is 6.65. The molecule has 0 heterocycles. The Morgan fingerprint density at radius 3 is 2.46 bits per heavy atom. The van der Waals surface area contributed by atoms with Crippen LogP contribution in [0.4, 0.5) is 0 Å². The number of para-hydroxylation sites is 1. The summed E-state index contributed by atoms with van der Waals surface area (Å²) in [5, 5.41) is 13.6. The molecule has 126 valence electrons. The van der Waals surface area contributed by atoms with Crippen LogP contribution < -0.4 is 5.32 Å². The van der Waals surface area contributed by atoms with Gasteiger partial charge in [-0.1, -0.05) is 42.5 Å². The highest BCUT2D eigenvalue weighted by Crippen LogP contribution is 2.32. The molecular weight excluding hydrogens is 302 g/mol. The number of nitrogens with one attached hydrogen (secondary N) is 1. The van der Waals surface area contributed by atoms with Crippen molar-refractivity contribution in [3.63, 3.8) is 0 Å². The number of phenols is 1. The van der Waals surface area contributed by atoms with E-state index in [1.165, 1.54) is 11.1 Å². The lowest BCUT2D eigenvalue weighted by atomic mass is 9.95. The van der Waals surface area contributed by atoms with Crippen molar-refractivity contribution in [3.8, 4) is 5.75 Å². The van der Waals surface area contributed by atoms with Gasteiger partial charge >= 0.3 is 5.97 Å². The van der Waals surface area contributed by atoms with E-state index >= 15 is 0 Å². The average Bonchev–Trinajstić information content (AvgIpc) is 2.96. The van der Waals surface area contributed by atoms with Crippen molar-refractivity contribution in [2.45, 2.75) is 38.8 Å². The number of esters is 1. The molecule has 24 heavy (non-hydrogen) atoms. The van der Waals surface area contributed by atoms with E-state index < -0.39 is 5.54 Å². The van der Waals surface area contributed by atoms with Crippen LogP contribution in [0.3, 0.4) is 0 Å². The van der Waals surface area contributed by atoms with Crippen molar-refractivity contribution in [2.75, 3.05) is 6.61 Å². The lowest BCUT2D eigenvalue weighted by molar-refractivity contribution is -0.151. The lowest BCUT2D eigenvalue weighted by Gasteiger charge is -2.28. The molecule has 4 heteroatoms. The molecule has 0 radical (unpaired) electrons. The Morgan fingerprint density at radius 1 is 1.17 bits per heavy atom. The maximum atomic E-state index is 12.7. The maximum Gasteiger partial charge on any atom is 0.327 e. The molecule has 1 aliphatic rings. The van der Waals surface area contributed by atoms with Crippen molar-refractivity contribution in [1.29, 1.82) is 0 Å². The van der Waals surface area contributed by atoms with Crippen LogP contribution in [0.1, 0.15) is 29.2 Å². The number of aromatic hydroxyl groups is 1. The predicted octanol–water partition coefficient (Wildman–Crippen LogP) is 2.89. The van der Waals surface area contributed by atoms with Crippen LogP contribution >= 0.6 is 0 Å². The summed E-state index contributed by atoms with van der Waals surface area (Å²) in [4.78, 5) is 12.7. The second-order valence-corrected chi connectivity index (χ2v) is 6.36. The zero-order valence-electron chi connectivity index (χ0n) is 14.1. The van der Waals surface area contributed by atoms with Gasteiger partial charge in [-0.3, -0.25) is 10.1 Å². The number of rotatable bonds is 5. The van der Waals surface area contributed by atoms with E-state index in [-0.39, 0.29) is 11.7 Å². The van der Waals surface area contributed by atoms with Crippen LogP contribution in [0, 0.1) is 6.92 Å². The fourth-order valence-corrected chi connectivity index (χ4v) is 3.35. The molecule has 3 rings (SSSR count). The summed E-state index contributed by atoms with van der Waals surface area (Å²) in [6.45, 7) is 4.46. The number of carbonyl (C=O) groups excluding carboxylic acids is 1. The van der Waals surface area contributed by atoms with Gasteiger partial charge < -0.3 is 9.84 Å². The Bertz CT molecular complexity index is 729. The summed E-state index contributed by atoms with van der Waals surface area (Å²) in [6, 6.07) is 13.7. The molecule has 0 bridgehead atoms. The summed E-state index contributed by atoms with van der Waals surface area (Å²) in [6.07, 6.45) is 1.21. The van der Waals surface area contributed by atoms with Crippen LogP contribution in [0.25, 0.3) is 0 Å². The Balaban J connectivity index is 1.85. The molecule has 2 N–H and O–H groups in total. The molecule has 0 saturated heterocycles. The summed E-state index contributed by atoms with van der Waals surface area (Å²) in [5.41, 5.74) is 3.19. The fraction of sp³-hybridized carbons (Fsp3) is 0.350. The molecule has 1 aliphatic carbocycles. The van der Waals surface area contributed by atoms with E-state index in [2.05, 4.69) is 17.4 Å². The lowest BCUT2D eigenvalue weighted by Crippen LogP contribution is -2.53. The van der Waals surface area contributed by atoms with Gasteiger partial charge in [-0.25, -0.2) is 0 Å². The van der Waals surface area contributed by atoms with Gasteiger partial charge in [-0.15, -0.1) is 0 Å². The van der Waals surface area contributed by atoms with Crippen LogP contribution in [-0.2, 0) is 28.9 Å². The molecule has 4 nitrogen and oxygen atoms in total. The minimum atomic E-state index is -0.768. The average molecular weight is 325 g/mol. The summed E-state index contributed by atoms with van der Waals surface area (Å²) in [7, 11) is 0. The number of fused-ring (bicyclic) bond motifs is 1. The Labute approximate surface area is 142 Å². The first-order valence-corrected chi connectivity index (χ1v) is 8.32. The standard InChI is InChI=1S/C20H23NO3/c1-3-24-19(23)20(11-15-8-4-5-9-16(15)12-20)21-13-17-10-6-7-14(2)18(17)22/h4-10,21-22H,3,11-13H2,1-2H3. The molecule has 0 aromatic heterocycles. The minimum Gasteiger partial charge on any atom is -0.507 e. The quantitative estimate of drug-likeness (QED) is 0.830. The number of hydrogen-bond donors (Lipinski definition) is 2. The first kappa shape index (κ1) is 16.5. The third-order valence-electron chi connectivity index (χ3n) is 4.71. The van der Waals surface area contributed by atoms with Crippen molar-refractivity contribution in [2.24, 2.45) is 0 Å². The van der Waals surface area contributed by atoms with Gasteiger partial charge in [-0.05, 0) is 30.5 Å². The third kappa shape index (κ3) is 3.02. The number of benzene rings is 2. The van der Waals surface area contributed by atoms with Gasteiger partial charge in [0.2, 0.25) is 0 Å². The molecule has 0 fully saturated rings. The minimum absolute atomic E-state index is 0.228. The third-order valence-corrected chi connectivity index (χ3v) is 4.71. The molecule has 0 unspecified atom stereocenters. The number of phenolic OH excluding ortho intramolecular Hbond substituents is 1. The highest BCUT2D eigenvalue weighted by Gasteiger charge is 2.44. The first-order chi connectivity index (χ1) is 11.6. The first-order valence-electron chi connectivity index (χ1n) is 8.32. The Morgan fingerprint density at radius 2 is 1.83 bits per heavy atom. The normalized spacial score (nSPS) is 15.1. The SMILES string of the molecule is CCOC(=O)C1(NCc2cccc(C)c2O)Cc2ccccc2C1. The van der Waals surface area contributed by atoms with Crippen molar-refractivity contribution < 1.29 is 14.6 Å². The van der Waals surface area contributed by atoms with Crippen LogP contribution in [0.2, 0.25) is 0 Å². The molecule has 0 atom stereocenters. The van der Waals surface area contributed by atoms with Crippen molar-refractivity contribution >= 4 is 5.97 Å². The summed E-state index contributed by atoms with van der Waals surface area (Å²) >= 11 is 0. The molecule has 2 aromatic rings. The van der Waals surface area contributed by atoms with Crippen molar-refractivity contribution in [3.05, 3.63) is 64.7 Å². The van der Waals surface area contributed by atoms with E-state index in [1.807, 2.05) is 44.2 Å². The zero-order valence-corrected chi connectivity index (χ0v) is 14.1. The highest BCUT2D eigenvalue weighted by atomic mass is 16.5. The zero-order chi connectivity index (χ0) is 17.2. The number of hydrogen-bond acceptors (Lipinski definition) is 4. The van der Waals surface area contributed by atoms with Gasteiger partial charge in [-0.2, -0.15) is 0 Å². The maximum absolute atomic E-state index is 12.7. The van der Waals surface area contributed by atoms with Crippen LogP contribution in [0.15, 0.2) is 42.5 Å². The van der Waals surface area contributed by atoms with E-state index in [4.69, 9.17) is 4.74 Å². The molecule has 0 aliphatic heterocycles. The van der Waals surface area contributed by atoms with E-state index in [0.29, 0.717) is 26.0 Å². The summed E-state index contributed by atoms with van der Waals surface area (Å²) in [5.74, 6) is 0.0489. The number of carbonyl (C=O) groups is 1. The molecule has 0 amide bonds. The van der Waals surface area contributed by atoms with Gasteiger partial charge in [0.1, 0.15) is 11.3 Å². The number of ether oxygens (including phenoxy) is 1.